The molecule has 0 spiro atoms. The molecule has 1 N–H and O–H groups in total. The average Bonchev–Trinajstić information content (AvgIpc) is 2.56. The Hall–Kier alpha value is -1.89. The van der Waals surface area contributed by atoms with Crippen LogP contribution in [-0.2, 0) is 11.3 Å². The second-order valence-corrected chi connectivity index (χ2v) is 3.26. The van der Waals surface area contributed by atoms with Gasteiger partial charge in [-0.05, 0) is 4.92 Å². The Morgan fingerprint density at radius 1 is 1.81 bits per heavy atom. The van der Waals surface area contributed by atoms with Gasteiger partial charge in [0.25, 0.3) is 0 Å². The van der Waals surface area contributed by atoms with E-state index in [0.717, 1.165) is 4.68 Å². The van der Waals surface area contributed by atoms with E-state index in [1.165, 1.54) is 12.3 Å². The van der Waals surface area contributed by atoms with Gasteiger partial charge in [-0.3, -0.25) is 4.79 Å². The summed E-state index contributed by atoms with van der Waals surface area (Å²) in [5, 5.41) is 16.4. The molecule has 0 atom stereocenters. The zero-order valence-electron chi connectivity index (χ0n) is 8.22. The Balaban J connectivity index is 2.68. The normalized spacial score (nSPS) is 9.81. The summed E-state index contributed by atoms with van der Waals surface area (Å²) in [6.07, 6.45) is 2.75. The van der Waals surface area contributed by atoms with E-state index in [1.807, 2.05) is 0 Å². The third-order valence-electron chi connectivity index (χ3n) is 1.62. The molecular formula is C8H9ClN4O3. The van der Waals surface area contributed by atoms with Gasteiger partial charge in [-0.1, -0.05) is 17.7 Å². The van der Waals surface area contributed by atoms with Crippen molar-refractivity contribution < 1.29 is 9.72 Å². The molecule has 0 radical (unpaired) electrons. The lowest BCUT2D eigenvalue weighted by Crippen LogP contribution is -2.27. The van der Waals surface area contributed by atoms with Gasteiger partial charge in [0.15, 0.2) is 5.02 Å². The van der Waals surface area contributed by atoms with E-state index >= 15 is 0 Å². The maximum absolute atomic E-state index is 11.2. The lowest BCUT2D eigenvalue weighted by atomic mass is 10.5. The van der Waals surface area contributed by atoms with Gasteiger partial charge in [0.1, 0.15) is 6.54 Å². The van der Waals surface area contributed by atoms with Crippen molar-refractivity contribution in [3.8, 4) is 0 Å². The number of aromatic nitrogens is 2. The summed E-state index contributed by atoms with van der Waals surface area (Å²) in [6, 6.07) is 0. The topological polar surface area (TPSA) is 90.1 Å². The molecule has 0 fully saturated rings. The first-order valence-electron chi connectivity index (χ1n) is 4.29. The Morgan fingerprint density at radius 3 is 3.00 bits per heavy atom. The standard InChI is InChI=1S/C8H9ClN4O3/c1-2-3-10-7(14)5-12-4-6(9)8(11-12)13(15)16/h2,4H,1,3,5H2,(H,10,14). The maximum atomic E-state index is 11.2. The SMILES string of the molecule is C=CCNC(=O)Cn1cc(Cl)c([N+](=O)[O-])n1. The highest BCUT2D eigenvalue weighted by atomic mass is 35.5. The molecule has 7 nitrogen and oxygen atoms in total. The number of hydrogen-bond donors (Lipinski definition) is 1. The van der Waals surface area contributed by atoms with Gasteiger partial charge in [0, 0.05) is 6.54 Å². The molecule has 0 bridgehead atoms. The molecule has 1 amide bonds. The van der Waals surface area contributed by atoms with Crippen LogP contribution in [-0.4, -0.2) is 27.2 Å². The molecule has 1 heterocycles. The highest BCUT2D eigenvalue weighted by molar-refractivity contribution is 6.32. The van der Waals surface area contributed by atoms with E-state index in [4.69, 9.17) is 11.6 Å². The average molecular weight is 245 g/mol. The minimum Gasteiger partial charge on any atom is -0.358 e. The summed E-state index contributed by atoms with van der Waals surface area (Å²) >= 11 is 5.55. The Morgan fingerprint density at radius 2 is 2.50 bits per heavy atom. The number of carbonyl (C=O) groups excluding carboxylic acids is 1. The number of carbonyl (C=O) groups is 1. The number of nitrogens with zero attached hydrogens (tertiary/aromatic N) is 3. The molecule has 1 rings (SSSR count). The van der Waals surface area contributed by atoms with Crippen molar-refractivity contribution in [1.82, 2.24) is 15.1 Å². The Bertz CT molecular complexity index is 429. The van der Waals surface area contributed by atoms with Crippen LogP contribution in [0.2, 0.25) is 5.02 Å². The van der Waals surface area contributed by atoms with Crippen molar-refractivity contribution in [1.29, 1.82) is 0 Å². The summed E-state index contributed by atoms with van der Waals surface area (Å²) in [5.74, 6) is -0.785. The van der Waals surface area contributed by atoms with Crippen molar-refractivity contribution in [2.45, 2.75) is 6.54 Å². The molecular weight excluding hydrogens is 236 g/mol. The number of amides is 1. The van der Waals surface area contributed by atoms with Crippen molar-refractivity contribution in [3.63, 3.8) is 0 Å². The summed E-state index contributed by atoms with van der Waals surface area (Å²) in [4.78, 5) is 20.9. The second-order valence-electron chi connectivity index (χ2n) is 2.85. The van der Waals surface area contributed by atoms with Crippen LogP contribution in [0.25, 0.3) is 0 Å². The molecule has 86 valence electrons. The first-order chi connectivity index (χ1) is 7.54. The zero-order chi connectivity index (χ0) is 12.1. The van der Waals surface area contributed by atoms with E-state index in [9.17, 15) is 14.9 Å². The first-order valence-corrected chi connectivity index (χ1v) is 4.67. The lowest BCUT2D eigenvalue weighted by molar-refractivity contribution is -0.389. The summed E-state index contributed by atoms with van der Waals surface area (Å²) < 4.78 is 1.11. The first kappa shape index (κ1) is 12.2. The predicted octanol–water partition coefficient (Wildman–Crippen LogP) is 0.747. The van der Waals surface area contributed by atoms with Crippen molar-refractivity contribution in [2.24, 2.45) is 0 Å². The number of rotatable bonds is 5. The van der Waals surface area contributed by atoms with Crippen molar-refractivity contribution in [3.05, 3.63) is 34.0 Å². The number of halogens is 1. The molecule has 1 aromatic heterocycles. The van der Waals surface area contributed by atoms with Gasteiger partial charge in [0.2, 0.25) is 5.91 Å². The third kappa shape index (κ3) is 3.06. The molecule has 0 aliphatic carbocycles. The fraction of sp³-hybridized carbons (Fsp3) is 0.250. The van der Waals surface area contributed by atoms with Gasteiger partial charge in [-0.15, -0.1) is 6.58 Å². The number of nitrogens with one attached hydrogen (secondary N) is 1. The molecule has 0 aliphatic heterocycles. The maximum Gasteiger partial charge on any atom is 0.408 e. The quantitative estimate of drug-likeness (QED) is 0.470. The van der Waals surface area contributed by atoms with Crippen LogP contribution in [0.5, 0.6) is 0 Å². The van der Waals surface area contributed by atoms with Gasteiger partial charge in [0.05, 0.1) is 11.3 Å². The summed E-state index contributed by atoms with van der Waals surface area (Å²) in [6.45, 7) is 3.64. The van der Waals surface area contributed by atoms with Crippen LogP contribution in [0.3, 0.4) is 0 Å². The monoisotopic (exact) mass is 244 g/mol. The molecule has 1 aromatic rings. The molecule has 16 heavy (non-hydrogen) atoms. The molecule has 0 aliphatic rings. The highest BCUT2D eigenvalue weighted by Gasteiger charge is 2.19. The molecule has 0 unspecified atom stereocenters. The highest BCUT2D eigenvalue weighted by Crippen LogP contribution is 2.20. The fourth-order valence-electron chi connectivity index (χ4n) is 0.981. The number of nitro groups is 1. The van der Waals surface area contributed by atoms with E-state index in [0.29, 0.717) is 6.54 Å². The predicted molar refractivity (Wildman–Crippen MR) is 57.1 cm³/mol. The van der Waals surface area contributed by atoms with E-state index in [2.05, 4.69) is 17.0 Å². The van der Waals surface area contributed by atoms with Crippen LogP contribution in [0.1, 0.15) is 0 Å². The number of hydrogen-bond acceptors (Lipinski definition) is 4. The van der Waals surface area contributed by atoms with Crippen molar-refractivity contribution in [2.75, 3.05) is 6.54 Å². The Kier molecular flexibility index (Phi) is 4.01. The Labute approximate surface area is 95.8 Å². The molecule has 8 heteroatoms. The van der Waals surface area contributed by atoms with E-state index < -0.39 is 10.7 Å². The van der Waals surface area contributed by atoms with Crippen molar-refractivity contribution >= 4 is 23.3 Å². The van der Waals surface area contributed by atoms with Crippen LogP contribution >= 0.6 is 11.6 Å². The zero-order valence-corrected chi connectivity index (χ0v) is 8.98. The fourth-order valence-corrected chi connectivity index (χ4v) is 1.20. The summed E-state index contributed by atoms with van der Waals surface area (Å²) in [7, 11) is 0. The van der Waals surface area contributed by atoms with E-state index in [-0.39, 0.29) is 17.5 Å². The van der Waals surface area contributed by atoms with Crippen LogP contribution in [0.4, 0.5) is 5.82 Å². The minimum atomic E-state index is -0.708. The largest absolute Gasteiger partial charge is 0.408 e. The van der Waals surface area contributed by atoms with Gasteiger partial charge in [-0.2, -0.15) is 4.68 Å². The molecule has 0 saturated carbocycles. The molecule has 0 saturated heterocycles. The molecule has 0 aromatic carbocycles. The van der Waals surface area contributed by atoms with Gasteiger partial charge < -0.3 is 15.4 Å². The lowest BCUT2D eigenvalue weighted by Gasteiger charge is -1.98. The van der Waals surface area contributed by atoms with Crippen LogP contribution in [0.15, 0.2) is 18.9 Å². The van der Waals surface area contributed by atoms with Crippen LogP contribution < -0.4 is 5.32 Å². The van der Waals surface area contributed by atoms with Gasteiger partial charge >= 0.3 is 5.82 Å². The third-order valence-corrected chi connectivity index (χ3v) is 1.89. The van der Waals surface area contributed by atoms with Gasteiger partial charge in [-0.25, -0.2) is 0 Å². The minimum absolute atomic E-state index is 0.0958. The van der Waals surface area contributed by atoms with E-state index in [1.54, 1.807) is 0 Å². The second kappa shape index (κ2) is 5.26. The summed E-state index contributed by atoms with van der Waals surface area (Å²) in [5.41, 5.74) is 0. The van der Waals surface area contributed by atoms with Crippen LogP contribution in [0, 0.1) is 10.1 Å². The smallest absolute Gasteiger partial charge is 0.358 e.